The summed E-state index contributed by atoms with van der Waals surface area (Å²) in [5.74, 6) is 0.0608. The second-order valence-electron chi connectivity index (χ2n) is 7.35. The van der Waals surface area contributed by atoms with Crippen LogP contribution in [0, 0.1) is 13.8 Å². The van der Waals surface area contributed by atoms with Crippen LogP contribution in [0.2, 0.25) is 5.02 Å². The summed E-state index contributed by atoms with van der Waals surface area (Å²) in [6.07, 6.45) is 3.95. The lowest BCUT2D eigenvalue weighted by Crippen LogP contribution is -2.09. The van der Waals surface area contributed by atoms with Gasteiger partial charge in [0.25, 0.3) is 0 Å². The molecule has 0 amide bonds. The number of hydrogen-bond acceptors (Lipinski definition) is 2. The van der Waals surface area contributed by atoms with E-state index in [1.165, 1.54) is 10.9 Å². The summed E-state index contributed by atoms with van der Waals surface area (Å²) >= 11 is 6.21. The van der Waals surface area contributed by atoms with E-state index in [0.717, 1.165) is 40.3 Å². The second kappa shape index (κ2) is 8.70. The first-order valence-corrected chi connectivity index (χ1v) is 9.94. The molecule has 1 atom stereocenters. The first-order valence-electron chi connectivity index (χ1n) is 9.56. The van der Waals surface area contributed by atoms with Gasteiger partial charge in [-0.25, -0.2) is 0 Å². The molecule has 1 N–H and O–H groups in total. The fraction of sp³-hybridized carbons (Fsp3) is 0.348. The minimum Gasteiger partial charge on any atom is -0.494 e. The Bertz CT molecular complexity index is 970. The minimum atomic E-state index is -0.784. The number of benzene rings is 2. The van der Waals surface area contributed by atoms with Crippen molar-refractivity contribution in [2.45, 2.75) is 46.1 Å². The van der Waals surface area contributed by atoms with Gasteiger partial charge in [-0.05, 0) is 68.5 Å². The summed E-state index contributed by atoms with van der Waals surface area (Å²) in [5.41, 5.74) is 4.34. The third-order valence-corrected chi connectivity index (χ3v) is 5.63. The van der Waals surface area contributed by atoms with Crippen LogP contribution in [0.4, 0.5) is 0 Å². The number of ether oxygens (including phenoxy) is 1. The molecular formula is C23H26ClNO3. The first kappa shape index (κ1) is 20.3. The maximum Gasteiger partial charge on any atom is 0.305 e. The molecule has 3 aromatic rings. The average Bonchev–Trinajstić information content (AvgIpc) is 3.02. The number of carbonyl (C=O) groups is 1. The number of aryl methyl sites for hydroxylation is 3. The Morgan fingerprint density at radius 1 is 1.21 bits per heavy atom. The monoisotopic (exact) mass is 399 g/mol. The Labute approximate surface area is 170 Å². The quantitative estimate of drug-likeness (QED) is 0.475. The Morgan fingerprint density at radius 2 is 1.89 bits per heavy atom. The molecule has 28 heavy (non-hydrogen) atoms. The van der Waals surface area contributed by atoms with Gasteiger partial charge in [0.15, 0.2) is 0 Å². The number of hydrogen-bond donors (Lipinski definition) is 1. The SMILES string of the molecule is Cc1cc(OCCCc2cn(C(C)CC(=O)O)c3ccccc23)cc(C)c1Cl. The van der Waals surface area contributed by atoms with Crippen molar-refractivity contribution in [2.75, 3.05) is 6.61 Å². The summed E-state index contributed by atoms with van der Waals surface area (Å²) in [6.45, 7) is 6.52. The van der Waals surface area contributed by atoms with Crippen LogP contribution in [0.3, 0.4) is 0 Å². The van der Waals surface area contributed by atoms with E-state index in [0.29, 0.717) is 6.61 Å². The highest BCUT2D eigenvalue weighted by atomic mass is 35.5. The van der Waals surface area contributed by atoms with Crippen molar-refractivity contribution in [2.24, 2.45) is 0 Å². The molecule has 4 nitrogen and oxygen atoms in total. The van der Waals surface area contributed by atoms with Crippen molar-refractivity contribution in [1.29, 1.82) is 0 Å². The number of nitrogens with zero attached hydrogens (tertiary/aromatic N) is 1. The summed E-state index contributed by atoms with van der Waals surface area (Å²) in [4.78, 5) is 11.1. The molecule has 2 aromatic carbocycles. The van der Waals surface area contributed by atoms with E-state index in [2.05, 4.69) is 16.8 Å². The second-order valence-corrected chi connectivity index (χ2v) is 7.73. The molecule has 148 valence electrons. The number of halogens is 1. The zero-order valence-corrected chi connectivity index (χ0v) is 17.3. The van der Waals surface area contributed by atoms with Crippen LogP contribution in [0.25, 0.3) is 10.9 Å². The highest BCUT2D eigenvalue weighted by molar-refractivity contribution is 6.32. The van der Waals surface area contributed by atoms with Crippen LogP contribution in [-0.4, -0.2) is 22.2 Å². The normalized spacial score (nSPS) is 12.3. The van der Waals surface area contributed by atoms with E-state index >= 15 is 0 Å². The van der Waals surface area contributed by atoms with Gasteiger partial charge in [0.2, 0.25) is 0 Å². The summed E-state index contributed by atoms with van der Waals surface area (Å²) in [5, 5.41) is 11.1. The predicted octanol–water partition coefficient (Wildman–Crippen LogP) is 5.96. The largest absolute Gasteiger partial charge is 0.494 e. The van der Waals surface area contributed by atoms with Gasteiger partial charge in [0.05, 0.1) is 13.0 Å². The highest BCUT2D eigenvalue weighted by Crippen LogP contribution is 2.28. The standard InChI is InChI=1S/C23H26ClNO3/c1-15-11-19(12-16(2)23(15)24)28-10-6-7-18-14-25(17(3)13-22(26)27)21-9-5-4-8-20(18)21/h4-5,8-9,11-12,14,17H,6-7,10,13H2,1-3H3,(H,26,27). The number of aliphatic carboxylic acids is 1. The van der Waals surface area contributed by atoms with Crippen molar-refractivity contribution < 1.29 is 14.6 Å². The fourth-order valence-electron chi connectivity index (χ4n) is 3.63. The Hall–Kier alpha value is -2.46. The first-order chi connectivity index (χ1) is 13.4. The molecule has 1 heterocycles. The molecule has 0 radical (unpaired) electrons. The topological polar surface area (TPSA) is 51.5 Å². The molecule has 1 unspecified atom stereocenters. The van der Waals surface area contributed by atoms with Crippen LogP contribution in [0.15, 0.2) is 42.6 Å². The molecule has 1 aromatic heterocycles. The molecule has 0 saturated carbocycles. The van der Waals surface area contributed by atoms with Crippen molar-refractivity contribution in [3.8, 4) is 5.75 Å². The third kappa shape index (κ3) is 4.50. The van der Waals surface area contributed by atoms with Crippen LogP contribution in [0.1, 0.15) is 42.5 Å². The van der Waals surface area contributed by atoms with Gasteiger partial charge in [0.1, 0.15) is 5.75 Å². The molecule has 5 heteroatoms. The van der Waals surface area contributed by atoms with E-state index in [-0.39, 0.29) is 12.5 Å². The molecule has 0 aliphatic carbocycles. The minimum absolute atomic E-state index is 0.0904. The smallest absolute Gasteiger partial charge is 0.305 e. The van der Waals surface area contributed by atoms with Gasteiger partial charge in [-0.2, -0.15) is 0 Å². The van der Waals surface area contributed by atoms with Gasteiger partial charge in [0, 0.05) is 28.2 Å². The summed E-state index contributed by atoms with van der Waals surface area (Å²) in [6, 6.07) is 12.0. The van der Waals surface area contributed by atoms with Crippen molar-refractivity contribution in [1.82, 2.24) is 4.57 Å². The van der Waals surface area contributed by atoms with Crippen LogP contribution < -0.4 is 4.74 Å². The van der Waals surface area contributed by atoms with Crippen molar-refractivity contribution >= 4 is 28.5 Å². The maximum absolute atomic E-state index is 11.1. The predicted molar refractivity (Wildman–Crippen MR) is 114 cm³/mol. The number of carboxylic acids is 1. The van der Waals surface area contributed by atoms with Gasteiger partial charge < -0.3 is 14.4 Å². The number of para-hydroxylation sites is 1. The van der Waals surface area contributed by atoms with E-state index in [1.807, 2.05) is 51.1 Å². The van der Waals surface area contributed by atoms with E-state index in [1.54, 1.807) is 0 Å². The lowest BCUT2D eigenvalue weighted by Gasteiger charge is -2.12. The van der Waals surface area contributed by atoms with Gasteiger partial charge >= 0.3 is 5.97 Å². The fourth-order valence-corrected chi connectivity index (χ4v) is 3.74. The molecular weight excluding hydrogens is 374 g/mol. The Kier molecular flexibility index (Phi) is 6.30. The molecule has 0 aliphatic rings. The van der Waals surface area contributed by atoms with Crippen molar-refractivity contribution in [3.63, 3.8) is 0 Å². The van der Waals surface area contributed by atoms with Crippen LogP contribution >= 0.6 is 11.6 Å². The van der Waals surface area contributed by atoms with Crippen molar-refractivity contribution in [3.05, 3.63) is 64.3 Å². The van der Waals surface area contributed by atoms with E-state index in [4.69, 9.17) is 21.4 Å². The zero-order valence-electron chi connectivity index (χ0n) is 16.5. The Morgan fingerprint density at radius 3 is 2.57 bits per heavy atom. The lowest BCUT2D eigenvalue weighted by molar-refractivity contribution is -0.137. The molecule has 0 saturated heterocycles. The maximum atomic E-state index is 11.1. The zero-order chi connectivity index (χ0) is 20.3. The molecule has 0 fully saturated rings. The molecule has 3 rings (SSSR count). The van der Waals surface area contributed by atoms with Gasteiger partial charge in [-0.15, -0.1) is 0 Å². The van der Waals surface area contributed by atoms with E-state index in [9.17, 15) is 4.79 Å². The molecule has 0 aliphatic heterocycles. The number of aromatic nitrogens is 1. The molecule has 0 bridgehead atoms. The highest BCUT2D eigenvalue weighted by Gasteiger charge is 2.15. The van der Waals surface area contributed by atoms with E-state index < -0.39 is 5.97 Å². The molecule has 0 spiro atoms. The third-order valence-electron chi connectivity index (χ3n) is 5.04. The number of rotatable bonds is 8. The average molecular weight is 400 g/mol. The lowest BCUT2D eigenvalue weighted by atomic mass is 10.1. The summed E-state index contributed by atoms with van der Waals surface area (Å²) in [7, 11) is 0. The van der Waals surface area contributed by atoms with Gasteiger partial charge in [-0.3, -0.25) is 4.79 Å². The van der Waals surface area contributed by atoms with Gasteiger partial charge in [-0.1, -0.05) is 29.8 Å². The summed E-state index contributed by atoms with van der Waals surface area (Å²) < 4.78 is 8.00. The number of fused-ring (bicyclic) bond motifs is 1. The van der Waals surface area contributed by atoms with Crippen LogP contribution in [0.5, 0.6) is 5.75 Å². The Balaban J connectivity index is 1.68. The van der Waals surface area contributed by atoms with Crippen LogP contribution in [-0.2, 0) is 11.2 Å². The number of carboxylic acid groups (broad SMARTS) is 1.